The van der Waals surface area contributed by atoms with Crippen LogP contribution in [0.1, 0.15) is 18.4 Å². The topological polar surface area (TPSA) is 38.7 Å². The predicted molar refractivity (Wildman–Crippen MR) is 53.1 cm³/mol. The molecular weight excluding hydrogens is 204 g/mol. The molecule has 0 saturated carbocycles. The fourth-order valence-corrected chi connectivity index (χ4v) is 1.83. The SMILES string of the molecule is CC(CO)c1ccc2c(c1Cl)OCO2. The third-order valence-electron chi connectivity index (χ3n) is 2.31. The van der Waals surface area contributed by atoms with Crippen LogP contribution in [0, 0.1) is 0 Å². The Bertz CT molecular complexity index is 351. The summed E-state index contributed by atoms with van der Waals surface area (Å²) in [5.74, 6) is 1.27. The van der Waals surface area contributed by atoms with Crippen LogP contribution in [0.3, 0.4) is 0 Å². The van der Waals surface area contributed by atoms with E-state index in [0.29, 0.717) is 16.5 Å². The minimum absolute atomic E-state index is 0.0111. The molecule has 0 saturated heterocycles. The lowest BCUT2D eigenvalue weighted by molar-refractivity contribution is 0.174. The first-order valence-corrected chi connectivity index (χ1v) is 4.80. The van der Waals surface area contributed by atoms with Gasteiger partial charge in [-0.05, 0) is 11.6 Å². The first-order chi connectivity index (χ1) is 6.74. The highest BCUT2D eigenvalue weighted by atomic mass is 35.5. The van der Waals surface area contributed by atoms with E-state index in [1.54, 1.807) is 0 Å². The van der Waals surface area contributed by atoms with E-state index in [-0.39, 0.29) is 19.3 Å². The fourth-order valence-electron chi connectivity index (χ4n) is 1.43. The van der Waals surface area contributed by atoms with E-state index in [2.05, 4.69) is 0 Å². The summed E-state index contributed by atoms with van der Waals surface area (Å²) in [6, 6.07) is 3.67. The molecule has 1 aliphatic rings. The number of hydrogen-bond acceptors (Lipinski definition) is 3. The monoisotopic (exact) mass is 214 g/mol. The van der Waals surface area contributed by atoms with Crippen molar-refractivity contribution in [2.75, 3.05) is 13.4 Å². The standard InChI is InChI=1S/C10H11ClO3/c1-6(4-12)7-2-3-8-10(9(7)11)14-5-13-8/h2-3,6,12H,4-5H2,1H3. The van der Waals surface area contributed by atoms with Crippen LogP contribution in [0.5, 0.6) is 11.5 Å². The van der Waals surface area contributed by atoms with Gasteiger partial charge in [0.05, 0.1) is 5.02 Å². The molecule has 0 spiro atoms. The quantitative estimate of drug-likeness (QED) is 0.820. The lowest BCUT2D eigenvalue weighted by Crippen LogP contribution is -2.00. The third kappa shape index (κ3) is 1.42. The van der Waals surface area contributed by atoms with Crippen LogP contribution in [0.15, 0.2) is 12.1 Å². The summed E-state index contributed by atoms with van der Waals surface area (Å²) in [5.41, 5.74) is 0.887. The molecule has 2 rings (SSSR count). The molecule has 1 aliphatic heterocycles. The van der Waals surface area contributed by atoms with Gasteiger partial charge in [-0.2, -0.15) is 0 Å². The number of ether oxygens (including phenoxy) is 2. The highest BCUT2D eigenvalue weighted by molar-refractivity contribution is 6.33. The maximum absolute atomic E-state index is 9.03. The summed E-state index contributed by atoms with van der Waals surface area (Å²) in [5, 5.41) is 9.57. The first-order valence-electron chi connectivity index (χ1n) is 4.43. The van der Waals surface area contributed by atoms with Gasteiger partial charge in [0.25, 0.3) is 0 Å². The van der Waals surface area contributed by atoms with Gasteiger partial charge < -0.3 is 14.6 Å². The molecule has 3 nitrogen and oxygen atoms in total. The lowest BCUT2D eigenvalue weighted by Gasteiger charge is -2.11. The zero-order valence-electron chi connectivity index (χ0n) is 7.79. The molecule has 0 aliphatic carbocycles. The van der Waals surface area contributed by atoms with Gasteiger partial charge in [0, 0.05) is 12.5 Å². The van der Waals surface area contributed by atoms with Crippen LogP contribution in [-0.2, 0) is 0 Å². The normalized spacial score (nSPS) is 15.6. The lowest BCUT2D eigenvalue weighted by atomic mass is 10.0. The van der Waals surface area contributed by atoms with Gasteiger partial charge in [-0.25, -0.2) is 0 Å². The Kier molecular flexibility index (Phi) is 2.52. The minimum atomic E-state index is 0.0111. The van der Waals surface area contributed by atoms with Crippen molar-refractivity contribution in [1.82, 2.24) is 0 Å². The van der Waals surface area contributed by atoms with Crippen molar-refractivity contribution in [3.63, 3.8) is 0 Å². The van der Waals surface area contributed by atoms with Gasteiger partial charge in [-0.1, -0.05) is 24.6 Å². The minimum Gasteiger partial charge on any atom is -0.454 e. The number of halogens is 1. The maximum atomic E-state index is 9.03. The summed E-state index contributed by atoms with van der Waals surface area (Å²) in [7, 11) is 0. The van der Waals surface area contributed by atoms with Crippen molar-refractivity contribution in [2.45, 2.75) is 12.8 Å². The van der Waals surface area contributed by atoms with Crippen molar-refractivity contribution in [2.24, 2.45) is 0 Å². The highest BCUT2D eigenvalue weighted by Gasteiger charge is 2.21. The summed E-state index contributed by atoms with van der Waals surface area (Å²) in [6.45, 7) is 2.19. The summed E-state index contributed by atoms with van der Waals surface area (Å²) >= 11 is 6.11. The second-order valence-electron chi connectivity index (χ2n) is 3.29. The van der Waals surface area contributed by atoms with Crippen molar-refractivity contribution >= 4 is 11.6 Å². The Morgan fingerprint density at radius 1 is 1.50 bits per heavy atom. The number of aliphatic hydroxyl groups excluding tert-OH is 1. The molecule has 0 aromatic heterocycles. The molecule has 1 N–H and O–H groups in total. The van der Waals surface area contributed by atoms with E-state index in [9.17, 15) is 0 Å². The molecule has 1 aromatic carbocycles. The second kappa shape index (κ2) is 3.67. The van der Waals surface area contributed by atoms with Crippen molar-refractivity contribution in [3.8, 4) is 11.5 Å². The number of fused-ring (bicyclic) bond motifs is 1. The Morgan fingerprint density at radius 3 is 3.00 bits per heavy atom. The first kappa shape index (κ1) is 9.62. The zero-order chi connectivity index (χ0) is 10.1. The molecule has 1 unspecified atom stereocenters. The van der Waals surface area contributed by atoms with E-state index in [1.165, 1.54) is 0 Å². The maximum Gasteiger partial charge on any atom is 0.231 e. The molecule has 0 fully saturated rings. The summed E-state index contributed by atoms with van der Waals surface area (Å²) < 4.78 is 10.4. The molecule has 0 amide bonds. The smallest absolute Gasteiger partial charge is 0.231 e. The third-order valence-corrected chi connectivity index (χ3v) is 2.70. The van der Waals surface area contributed by atoms with Crippen molar-refractivity contribution in [3.05, 3.63) is 22.7 Å². The molecule has 76 valence electrons. The Labute approximate surface area is 87.2 Å². The van der Waals surface area contributed by atoms with E-state index in [1.807, 2.05) is 19.1 Å². The summed E-state index contributed by atoms with van der Waals surface area (Å²) in [6.07, 6.45) is 0. The largest absolute Gasteiger partial charge is 0.454 e. The number of rotatable bonds is 2. The summed E-state index contributed by atoms with van der Waals surface area (Å²) in [4.78, 5) is 0. The van der Waals surface area contributed by atoms with Crippen LogP contribution in [-0.4, -0.2) is 18.5 Å². The Hall–Kier alpha value is -0.930. The van der Waals surface area contributed by atoms with Crippen molar-refractivity contribution in [1.29, 1.82) is 0 Å². The van der Waals surface area contributed by atoms with Gasteiger partial charge in [0.15, 0.2) is 11.5 Å². The molecular formula is C10H11ClO3. The van der Waals surface area contributed by atoms with Crippen LogP contribution < -0.4 is 9.47 Å². The van der Waals surface area contributed by atoms with Crippen LogP contribution in [0.4, 0.5) is 0 Å². The predicted octanol–water partition coefficient (Wildman–Crippen LogP) is 2.16. The van der Waals surface area contributed by atoms with Crippen LogP contribution in [0.25, 0.3) is 0 Å². The van der Waals surface area contributed by atoms with Crippen LogP contribution in [0.2, 0.25) is 5.02 Å². The number of aliphatic hydroxyl groups is 1. The molecule has 4 heteroatoms. The molecule has 1 atom stereocenters. The number of benzene rings is 1. The fraction of sp³-hybridized carbons (Fsp3) is 0.400. The van der Waals surface area contributed by atoms with E-state index < -0.39 is 0 Å². The molecule has 14 heavy (non-hydrogen) atoms. The molecule has 0 radical (unpaired) electrons. The molecule has 1 aromatic rings. The zero-order valence-corrected chi connectivity index (χ0v) is 8.54. The van der Waals surface area contributed by atoms with Gasteiger partial charge >= 0.3 is 0 Å². The Morgan fingerprint density at radius 2 is 2.29 bits per heavy atom. The highest BCUT2D eigenvalue weighted by Crippen LogP contribution is 2.42. The van der Waals surface area contributed by atoms with Gasteiger partial charge in [0.2, 0.25) is 6.79 Å². The van der Waals surface area contributed by atoms with E-state index >= 15 is 0 Å². The van der Waals surface area contributed by atoms with Gasteiger partial charge in [-0.3, -0.25) is 0 Å². The average Bonchev–Trinajstić information content (AvgIpc) is 2.66. The molecule has 0 bridgehead atoms. The average molecular weight is 215 g/mol. The van der Waals surface area contributed by atoms with E-state index in [4.69, 9.17) is 26.2 Å². The Balaban J connectivity index is 2.44. The van der Waals surface area contributed by atoms with Crippen LogP contribution >= 0.6 is 11.6 Å². The van der Waals surface area contributed by atoms with Gasteiger partial charge in [-0.15, -0.1) is 0 Å². The van der Waals surface area contributed by atoms with Crippen molar-refractivity contribution < 1.29 is 14.6 Å². The molecule has 1 heterocycles. The van der Waals surface area contributed by atoms with Gasteiger partial charge in [0.1, 0.15) is 0 Å². The van der Waals surface area contributed by atoms with E-state index in [0.717, 1.165) is 5.56 Å². The number of hydrogen-bond donors (Lipinski definition) is 1. The second-order valence-corrected chi connectivity index (χ2v) is 3.66.